The predicted octanol–water partition coefficient (Wildman–Crippen LogP) is 2.91. The fraction of sp³-hybridized carbons (Fsp3) is 1.00. The lowest BCUT2D eigenvalue weighted by molar-refractivity contribution is 0.397. The molecule has 1 nitrogen and oxygen atoms in total. The fourth-order valence-corrected chi connectivity index (χ4v) is 0.608. The van der Waals surface area contributed by atoms with Gasteiger partial charge in [-0.1, -0.05) is 41.5 Å². The summed E-state index contributed by atoms with van der Waals surface area (Å²) >= 11 is 0. The van der Waals surface area contributed by atoms with Crippen molar-refractivity contribution in [3.05, 3.63) is 0 Å². The number of hydrogen-bond acceptors (Lipinski definition) is 1. The minimum Gasteiger partial charge on any atom is -0.317 e. The van der Waals surface area contributed by atoms with Crippen molar-refractivity contribution in [2.45, 2.75) is 41.5 Å². The first kappa shape index (κ1) is 13.5. The molecule has 0 radical (unpaired) electrons. The molecule has 0 heterocycles. The van der Waals surface area contributed by atoms with Crippen molar-refractivity contribution >= 4 is 0 Å². The van der Waals surface area contributed by atoms with Crippen LogP contribution in [0.3, 0.4) is 0 Å². The van der Waals surface area contributed by atoms with Crippen LogP contribution in [-0.2, 0) is 0 Å². The molecule has 1 unspecified atom stereocenters. The summed E-state index contributed by atoms with van der Waals surface area (Å²) in [5, 5.41) is 3.33. The van der Waals surface area contributed by atoms with Crippen LogP contribution in [0.25, 0.3) is 0 Å². The van der Waals surface area contributed by atoms with E-state index < -0.39 is 0 Å². The Morgan fingerprint density at radius 3 is 1.82 bits per heavy atom. The lowest BCUT2D eigenvalue weighted by Gasteiger charge is -2.14. The van der Waals surface area contributed by atoms with Gasteiger partial charge in [0.25, 0.3) is 0 Å². The van der Waals surface area contributed by atoms with E-state index in [2.05, 4.69) is 33.0 Å². The van der Waals surface area contributed by atoms with Crippen molar-refractivity contribution in [3.63, 3.8) is 0 Å². The largest absolute Gasteiger partial charge is 0.317 e. The van der Waals surface area contributed by atoms with E-state index in [4.69, 9.17) is 0 Å². The van der Waals surface area contributed by atoms with Crippen LogP contribution in [0.2, 0.25) is 0 Å². The summed E-state index contributed by atoms with van der Waals surface area (Å²) in [6.45, 7) is 15.2. The number of rotatable bonds is 4. The average Bonchev–Trinajstić information content (AvgIpc) is 2.03. The van der Waals surface area contributed by atoms with Gasteiger partial charge in [0.1, 0.15) is 0 Å². The predicted molar refractivity (Wildman–Crippen MR) is 53.9 cm³/mol. The summed E-state index contributed by atoms with van der Waals surface area (Å²) < 4.78 is 0. The SMILES string of the molecule is CC.CCNCC(C)C(C)C. The molecule has 0 aliphatic heterocycles. The molecule has 0 rings (SSSR count). The molecule has 0 aliphatic carbocycles. The smallest absolute Gasteiger partial charge is 0.00208 e. The maximum absolute atomic E-state index is 3.33. The molecule has 1 heteroatoms. The van der Waals surface area contributed by atoms with Crippen molar-refractivity contribution in [3.8, 4) is 0 Å². The van der Waals surface area contributed by atoms with Gasteiger partial charge in [-0.3, -0.25) is 0 Å². The van der Waals surface area contributed by atoms with Gasteiger partial charge in [-0.2, -0.15) is 0 Å². The molecule has 0 aromatic carbocycles. The zero-order valence-electron chi connectivity index (χ0n) is 9.07. The Morgan fingerprint density at radius 2 is 1.55 bits per heavy atom. The summed E-state index contributed by atoms with van der Waals surface area (Å²) in [5.74, 6) is 1.62. The molecule has 0 spiro atoms. The second-order valence-corrected chi connectivity index (χ2v) is 3.03. The van der Waals surface area contributed by atoms with Crippen molar-refractivity contribution in [2.75, 3.05) is 13.1 Å². The molecule has 0 fully saturated rings. The molecule has 11 heavy (non-hydrogen) atoms. The van der Waals surface area contributed by atoms with Gasteiger partial charge in [-0.25, -0.2) is 0 Å². The zero-order chi connectivity index (χ0) is 9.28. The van der Waals surface area contributed by atoms with Crippen molar-refractivity contribution in [1.29, 1.82) is 0 Å². The van der Waals surface area contributed by atoms with E-state index >= 15 is 0 Å². The first-order chi connectivity index (χ1) is 5.18. The fourth-order valence-electron chi connectivity index (χ4n) is 0.608. The highest BCUT2D eigenvalue weighted by Gasteiger charge is 2.04. The van der Waals surface area contributed by atoms with Crippen LogP contribution in [-0.4, -0.2) is 13.1 Å². The van der Waals surface area contributed by atoms with Crippen LogP contribution in [0.5, 0.6) is 0 Å². The molecule has 0 saturated carbocycles. The van der Waals surface area contributed by atoms with Gasteiger partial charge in [0.05, 0.1) is 0 Å². The summed E-state index contributed by atoms with van der Waals surface area (Å²) in [4.78, 5) is 0. The lowest BCUT2D eigenvalue weighted by Crippen LogP contribution is -2.23. The minimum atomic E-state index is 0.809. The standard InChI is InChI=1S/C8H19N.C2H6/c1-5-9-6-8(4)7(2)3;1-2/h7-9H,5-6H2,1-4H3;1-2H3. The molecule has 0 bridgehead atoms. The molecular weight excluding hydrogens is 134 g/mol. The van der Waals surface area contributed by atoms with Crippen LogP contribution in [0.15, 0.2) is 0 Å². The number of nitrogens with one attached hydrogen (secondary N) is 1. The molecule has 1 atom stereocenters. The summed E-state index contributed by atoms with van der Waals surface area (Å²) in [7, 11) is 0. The molecular formula is C10H25N. The third-order valence-electron chi connectivity index (χ3n) is 1.85. The lowest BCUT2D eigenvalue weighted by atomic mass is 9.98. The van der Waals surface area contributed by atoms with Gasteiger partial charge in [0, 0.05) is 0 Å². The summed E-state index contributed by atoms with van der Waals surface area (Å²) in [6, 6.07) is 0. The molecule has 0 aliphatic rings. The third-order valence-corrected chi connectivity index (χ3v) is 1.85. The molecule has 0 saturated heterocycles. The Kier molecular flexibility index (Phi) is 12.3. The van der Waals surface area contributed by atoms with Crippen LogP contribution < -0.4 is 5.32 Å². The monoisotopic (exact) mass is 159 g/mol. The van der Waals surface area contributed by atoms with E-state index in [0.29, 0.717) is 0 Å². The highest BCUT2D eigenvalue weighted by atomic mass is 14.8. The molecule has 1 N–H and O–H groups in total. The van der Waals surface area contributed by atoms with Gasteiger partial charge < -0.3 is 5.32 Å². The quantitative estimate of drug-likeness (QED) is 0.665. The molecule has 0 amide bonds. The van der Waals surface area contributed by atoms with E-state index in [1.54, 1.807) is 0 Å². The average molecular weight is 159 g/mol. The Labute approximate surface area is 72.6 Å². The molecule has 0 aromatic heterocycles. The van der Waals surface area contributed by atoms with Crippen LogP contribution in [0.4, 0.5) is 0 Å². The van der Waals surface area contributed by atoms with Crippen molar-refractivity contribution < 1.29 is 0 Å². The Morgan fingerprint density at radius 1 is 1.09 bits per heavy atom. The van der Waals surface area contributed by atoms with Gasteiger partial charge >= 0.3 is 0 Å². The van der Waals surface area contributed by atoms with Crippen molar-refractivity contribution in [1.82, 2.24) is 5.32 Å². The van der Waals surface area contributed by atoms with Gasteiger partial charge in [-0.05, 0) is 24.9 Å². The topological polar surface area (TPSA) is 12.0 Å². The number of hydrogen-bond donors (Lipinski definition) is 1. The highest BCUT2D eigenvalue weighted by molar-refractivity contribution is 4.58. The van der Waals surface area contributed by atoms with E-state index in [1.165, 1.54) is 0 Å². The second kappa shape index (κ2) is 9.96. The minimum absolute atomic E-state index is 0.809. The molecule has 70 valence electrons. The van der Waals surface area contributed by atoms with Crippen LogP contribution in [0, 0.1) is 11.8 Å². The van der Waals surface area contributed by atoms with Gasteiger partial charge in [0.15, 0.2) is 0 Å². The van der Waals surface area contributed by atoms with E-state index in [9.17, 15) is 0 Å². The Balaban J connectivity index is 0. The van der Waals surface area contributed by atoms with Crippen molar-refractivity contribution in [2.24, 2.45) is 11.8 Å². The maximum atomic E-state index is 3.33. The summed E-state index contributed by atoms with van der Waals surface area (Å²) in [5.41, 5.74) is 0. The Hall–Kier alpha value is -0.0400. The third kappa shape index (κ3) is 9.96. The van der Waals surface area contributed by atoms with Gasteiger partial charge in [0.2, 0.25) is 0 Å². The van der Waals surface area contributed by atoms with E-state index in [-0.39, 0.29) is 0 Å². The Bertz CT molecular complexity index is 59.9. The normalized spacial score (nSPS) is 12.3. The highest BCUT2D eigenvalue weighted by Crippen LogP contribution is 2.06. The van der Waals surface area contributed by atoms with Crippen LogP contribution >= 0.6 is 0 Å². The van der Waals surface area contributed by atoms with E-state index in [1.807, 2.05) is 13.8 Å². The zero-order valence-corrected chi connectivity index (χ0v) is 9.07. The van der Waals surface area contributed by atoms with E-state index in [0.717, 1.165) is 24.9 Å². The maximum Gasteiger partial charge on any atom is -0.00208 e. The first-order valence-corrected chi connectivity index (χ1v) is 4.89. The first-order valence-electron chi connectivity index (χ1n) is 4.89. The molecule has 0 aromatic rings. The van der Waals surface area contributed by atoms with Crippen LogP contribution in [0.1, 0.15) is 41.5 Å². The second-order valence-electron chi connectivity index (χ2n) is 3.03. The van der Waals surface area contributed by atoms with Gasteiger partial charge in [-0.15, -0.1) is 0 Å². The summed E-state index contributed by atoms with van der Waals surface area (Å²) in [6.07, 6.45) is 0.